The Balaban J connectivity index is 2.36. The van der Waals surface area contributed by atoms with Crippen LogP contribution in [0.2, 0.25) is 0 Å². The molecular weight excluding hydrogens is 397 g/mol. The summed E-state index contributed by atoms with van der Waals surface area (Å²) in [5.41, 5.74) is -5.27. The quantitative estimate of drug-likeness (QED) is 0.344. The summed E-state index contributed by atoms with van der Waals surface area (Å²) in [6.45, 7) is 0.504. The zero-order valence-electron chi connectivity index (χ0n) is 14.7. The first kappa shape index (κ1) is 23.0. The highest BCUT2D eigenvalue weighted by Crippen LogP contribution is 2.30. The first-order chi connectivity index (χ1) is 11.9. The van der Waals surface area contributed by atoms with Gasteiger partial charge in [0.05, 0.1) is 5.75 Å². The molecule has 2 N–H and O–H groups in total. The number of halogens is 3. The fourth-order valence-corrected chi connectivity index (χ4v) is 4.16. The number of guanidine groups is 1. The van der Waals surface area contributed by atoms with Gasteiger partial charge >= 0.3 is 15.5 Å². The van der Waals surface area contributed by atoms with E-state index in [2.05, 4.69) is 15.6 Å². The largest absolute Gasteiger partial charge is 0.511 e. The molecule has 0 spiro atoms. The molecule has 0 aliphatic carbocycles. The van der Waals surface area contributed by atoms with Crippen LogP contribution < -0.4 is 10.6 Å². The number of piperidine rings is 1. The van der Waals surface area contributed by atoms with Gasteiger partial charge < -0.3 is 10.6 Å². The molecule has 0 atom stereocenters. The van der Waals surface area contributed by atoms with E-state index < -0.39 is 25.4 Å². The van der Waals surface area contributed by atoms with Crippen LogP contribution in [-0.4, -0.2) is 77.8 Å². The van der Waals surface area contributed by atoms with Crippen molar-refractivity contribution in [3.63, 3.8) is 0 Å². The predicted molar refractivity (Wildman–Crippen MR) is 93.0 cm³/mol. The van der Waals surface area contributed by atoms with Crippen LogP contribution in [0.15, 0.2) is 4.99 Å². The van der Waals surface area contributed by atoms with Crippen molar-refractivity contribution in [2.24, 2.45) is 10.9 Å². The fourth-order valence-electron chi connectivity index (χ4n) is 2.50. The topological polar surface area (TPSA) is 108 Å². The van der Waals surface area contributed by atoms with Crippen LogP contribution in [0.4, 0.5) is 13.2 Å². The van der Waals surface area contributed by atoms with Crippen LogP contribution >= 0.6 is 0 Å². The second-order valence-corrected chi connectivity index (χ2v) is 10.3. The van der Waals surface area contributed by atoms with E-state index in [0.29, 0.717) is 42.6 Å². The molecule has 0 radical (unpaired) electrons. The summed E-state index contributed by atoms with van der Waals surface area (Å²) in [5.74, 6) is 0.538. The van der Waals surface area contributed by atoms with Crippen LogP contribution in [0.5, 0.6) is 0 Å². The zero-order chi connectivity index (χ0) is 20.0. The molecule has 0 bridgehead atoms. The van der Waals surface area contributed by atoms with E-state index in [1.54, 1.807) is 7.05 Å². The van der Waals surface area contributed by atoms with Crippen molar-refractivity contribution in [1.82, 2.24) is 14.9 Å². The zero-order valence-corrected chi connectivity index (χ0v) is 16.3. The Hall–Kier alpha value is -1.08. The fraction of sp³-hybridized carbons (Fsp3) is 0.923. The minimum absolute atomic E-state index is 0.0178. The average molecular weight is 422 g/mol. The van der Waals surface area contributed by atoms with Gasteiger partial charge in [0.25, 0.3) is 0 Å². The van der Waals surface area contributed by atoms with E-state index in [1.807, 2.05) is 0 Å². The number of alkyl halides is 3. The molecule has 1 rings (SSSR count). The molecule has 26 heavy (non-hydrogen) atoms. The maximum Gasteiger partial charge on any atom is 0.511 e. The molecule has 13 heteroatoms. The summed E-state index contributed by atoms with van der Waals surface area (Å²) in [4.78, 5) is 3.98. The third-order valence-corrected chi connectivity index (χ3v) is 6.63. The van der Waals surface area contributed by atoms with Gasteiger partial charge in [-0.05, 0) is 25.2 Å². The molecule has 1 aliphatic rings. The van der Waals surface area contributed by atoms with E-state index >= 15 is 0 Å². The van der Waals surface area contributed by atoms with Gasteiger partial charge in [-0.2, -0.15) is 17.5 Å². The van der Waals surface area contributed by atoms with Gasteiger partial charge in [-0.1, -0.05) is 0 Å². The molecule has 154 valence electrons. The third-order valence-electron chi connectivity index (χ3n) is 3.97. The van der Waals surface area contributed by atoms with Crippen molar-refractivity contribution in [1.29, 1.82) is 0 Å². The second kappa shape index (κ2) is 9.22. The van der Waals surface area contributed by atoms with E-state index in [0.717, 1.165) is 6.26 Å². The van der Waals surface area contributed by atoms with Crippen molar-refractivity contribution in [3.8, 4) is 0 Å². The maximum atomic E-state index is 12.5. The van der Waals surface area contributed by atoms with E-state index in [-0.39, 0.29) is 24.8 Å². The van der Waals surface area contributed by atoms with E-state index in [9.17, 15) is 30.0 Å². The third kappa shape index (κ3) is 7.27. The molecular formula is C13H25F3N4O4S2. The van der Waals surface area contributed by atoms with Gasteiger partial charge in [-0.3, -0.25) is 4.99 Å². The van der Waals surface area contributed by atoms with Crippen molar-refractivity contribution in [2.45, 2.75) is 24.8 Å². The summed E-state index contributed by atoms with van der Waals surface area (Å²) < 4.78 is 82.9. The molecule has 1 saturated heterocycles. The lowest BCUT2D eigenvalue weighted by atomic mass is 9.98. The molecule has 0 aromatic carbocycles. The highest BCUT2D eigenvalue weighted by Gasteiger charge is 2.50. The van der Waals surface area contributed by atoms with Crippen LogP contribution in [0, 0.1) is 5.92 Å². The number of nitrogens with zero attached hydrogens (tertiary/aromatic N) is 2. The van der Waals surface area contributed by atoms with Crippen molar-refractivity contribution >= 4 is 25.8 Å². The Bertz CT molecular complexity index is 685. The Labute approximate surface area is 152 Å². The summed E-state index contributed by atoms with van der Waals surface area (Å²) in [6, 6.07) is 0. The summed E-state index contributed by atoms with van der Waals surface area (Å²) in [7, 11) is -6.73. The number of rotatable bonds is 7. The molecule has 0 saturated carbocycles. The van der Waals surface area contributed by atoms with E-state index in [1.165, 1.54) is 0 Å². The van der Waals surface area contributed by atoms with Gasteiger partial charge in [0.15, 0.2) is 5.96 Å². The lowest BCUT2D eigenvalue weighted by Crippen LogP contribution is -2.47. The van der Waals surface area contributed by atoms with Gasteiger partial charge in [-0.25, -0.2) is 16.8 Å². The number of sulfonamides is 1. The molecule has 1 fully saturated rings. The van der Waals surface area contributed by atoms with E-state index in [4.69, 9.17) is 0 Å². The smallest absolute Gasteiger partial charge is 0.356 e. The van der Waals surface area contributed by atoms with Gasteiger partial charge in [0.2, 0.25) is 0 Å². The average Bonchev–Trinajstić information content (AvgIpc) is 2.52. The van der Waals surface area contributed by atoms with Crippen LogP contribution in [0.1, 0.15) is 19.3 Å². The Morgan fingerprint density at radius 3 is 2.19 bits per heavy atom. The molecule has 8 nitrogen and oxygen atoms in total. The molecule has 1 heterocycles. The second-order valence-electron chi connectivity index (χ2n) is 6.16. The molecule has 0 aromatic heterocycles. The van der Waals surface area contributed by atoms with Crippen LogP contribution in [-0.2, 0) is 19.9 Å². The Kier molecular flexibility index (Phi) is 8.14. The maximum absolute atomic E-state index is 12.5. The first-order valence-corrected chi connectivity index (χ1v) is 11.6. The minimum Gasteiger partial charge on any atom is -0.356 e. The molecule has 0 amide bonds. The lowest BCUT2D eigenvalue weighted by Gasteiger charge is -2.31. The monoisotopic (exact) mass is 422 g/mol. The number of hydrogen-bond donors (Lipinski definition) is 2. The molecule has 0 aromatic rings. The van der Waals surface area contributed by atoms with Crippen molar-refractivity contribution in [3.05, 3.63) is 0 Å². The van der Waals surface area contributed by atoms with Gasteiger partial charge in [0.1, 0.15) is 9.84 Å². The molecule has 0 unspecified atom stereocenters. The van der Waals surface area contributed by atoms with Crippen molar-refractivity contribution < 1.29 is 30.0 Å². The highest BCUT2D eigenvalue weighted by molar-refractivity contribution is 7.90. The highest BCUT2D eigenvalue weighted by atomic mass is 32.2. The summed E-state index contributed by atoms with van der Waals surface area (Å²) in [5, 5.41) is 5.97. The SMILES string of the molecule is CN=C(NCCCS(C)(=O)=O)NCC1CCN(S(=O)(=O)C(F)(F)F)CC1. The predicted octanol–water partition coefficient (Wildman–Crippen LogP) is 0.148. The van der Waals surface area contributed by atoms with Crippen LogP contribution in [0.25, 0.3) is 0 Å². The first-order valence-electron chi connectivity index (χ1n) is 8.05. The van der Waals surface area contributed by atoms with Crippen LogP contribution in [0.3, 0.4) is 0 Å². The summed E-state index contributed by atoms with van der Waals surface area (Å²) in [6.07, 6.45) is 2.21. The van der Waals surface area contributed by atoms with Crippen molar-refractivity contribution in [2.75, 3.05) is 45.2 Å². The Morgan fingerprint density at radius 2 is 1.73 bits per heavy atom. The summed E-state index contributed by atoms with van der Waals surface area (Å²) >= 11 is 0. The normalized spacial score (nSPS) is 18.7. The van der Waals surface area contributed by atoms with Gasteiger partial charge in [-0.15, -0.1) is 0 Å². The number of hydrogen-bond acceptors (Lipinski definition) is 5. The van der Waals surface area contributed by atoms with Gasteiger partial charge in [0, 0.05) is 39.5 Å². The lowest BCUT2D eigenvalue weighted by molar-refractivity contribution is -0.0496. The minimum atomic E-state index is -5.27. The Morgan fingerprint density at radius 1 is 1.15 bits per heavy atom. The standard InChI is InChI=1S/C13H25F3N4O4S2/c1-17-12(18-6-3-9-25(2,21)22)19-10-11-4-7-20(8-5-11)26(23,24)13(14,15)16/h11H,3-10H2,1-2H3,(H2,17,18,19). The number of aliphatic imine (C=N–C) groups is 1. The number of sulfone groups is 1. The molecule has 1 aliphatic heterocycles. The number of nitrogens with one attached hydrogen (secondary N) is 2.